The average molecular weight is 649 g/mol. The van der Waals surface area contributed by atoms with Crippen molar-refractivity contribution in [2.75, 3.05) is 0 Å². The molecule has 2 atom stereocenters. The van der Waals surface area contributed by atoms with Crippen LogP contribution in [0.25, 0.3) is 11.1 Å². The van der Waals surface area contributed by atoms with Crippen molar-refractivity contribution in [2.45, 2.75) is 97.1 Å². The molecule has 200 valence electrons. The Kier molecular flexibility index (Phi) is 12.9. The third-order valence-electron chi connectivity index (χ3n) is 10.0. The van der Waals surface area contributed by atoms with Crippen molar-refractivity contribution >= 4 is 27.3 Å². The second kappa shape index (κ2) is 14.4. The van der Waals surface area contributed by atoms with Crippen molar-refractivity contribution in [2.24, 2.45) is 0 Å². The Labute approximate surface area is 253 Å². The SMILES string of the molecule is CC[Si](CC)(CC)CC1=C[CH]([Zr+2][CH]2C=C(C[Si](CC)(CC)CC)c3ccccc32)c2ccccc21.[Cl-].[Cl-]. The van der Waals surface area contributed by atoms with Crippen LogP contribution in [0.15, 0.2) is 60.7 Å². The van der Waals surface area contributed by atoms with E-state index in [-0.39, 0.29) is 24.8 Å². The molecule has 0 saturated heterocycles. The third kappa shape index (κ3) is 6.76. The Hall–Kier alpha value is -0.183. The van der Waals surface area contributed by atoms with Crippen molar-refractivity contribution in [3.05, 3.63) is 82.9 Å². The summed E-state index contributed by atoms with van der Waals surface area (Å²) in [6.45, 7) is 14.8. The molecule has 0 N–H and O–H groups in total. The van der Waals surface area contributed by atoms with E-state index in [1.54, 1.807) is 33.4 Å². The number of halogens is 2. The zero-order chi connectivity index (χ0) is 25.1. The number of hydrogen-bond acceptors (Lipinski definition) is 0. The van der Waals surface area contributed by atoms with Crippen molar-refractivity contribution in [3.8, 4) is 0 Å². The molecule has 0 nitrogen and oxygen atoms in total. The minimum absolute atomic E-state index is 0. The molecule has 0 bridgehead atoms. The second-order valence-electron chi connectivity index (χ2n) is 11.2. The molecule has 2 aromatic carbocycles. The average Bonchev–Trinajstić information content (AvgIpc) is 3.44. The van der Waals surface area contributed by atoms with Gasteiger partial charge in [-0.3, -0.25) is 0 Å². The molecule has 2 unspecified atom stereocenters. The molecule has 0 aliphatic heterocycles. The molecule has 0 amide bonds. The third-order valence-corrected chi connectivity index (χ3v) is 25.4. The van der Waals surface area contributed by atoms with Crippen molar-refractivity contribution < 1.29 is 48.0 Å². The van der Waals surface area contributed by atoms with Gasteiger partial charge in [-0.25, -0.2) is 0 Å². The normalized spacial score (nSPS) is 18.1. The fourth-order valence-corrected chi connectivity index (χ4v) is 18.0. The first-order valence-electron chi connectivity index (χ1n) is 14.3. The van der Waals surface area contributed by atoms with Crippen LogP contribution in [0.1, 0.15) is 71.0 Å². The maximum absolute atomic E-state index is 2.77. The van der Waals surface area contributed by atoms with Gasteiger partial charge in [-0.2, -0.15) is 0 Å². The van der Waals surface area contributed by atoms with E-state index in [0.29, 0.717) is 0 Å². The summed E-state index contributed by atoms with van der Waals surface area (Å²) in [7, 11) is -2.38. The summed E-state index contributed by atoms with van der Waals surface area (Å²) >= 11 is -0.742. The molecule has 2 aliphatic carbocycles. The van der Waals surface area contributed by atoms with Crippen LogP contribution in [-0.4, -0.2) is 16.1 Å². The van der Waals surface area contributed by atoms with E-state index in [1.165, 1.54) is 48.4 Å². The smallest absolute Gasteiger partial charge is 1.00 e. The first-order valence-corrected chi connectivity index (χ1v) is 22.8. The maximum atomic E-state index is 2.77. The fraction of sp³-hybridized carbons (Fsp3) is 0.500. The molecule has 0 fully saturated rings. The molecule has 0 heterocycles. The molecule has 4 rings (SSSR count). The van der Waals surface area contributed by atoms with Gasteiger partial charge in [0.1, 0.15) is 0 Å². The largest absolute Gasteiger partial charge is 1.00 e. The van der Waals surface area contributed by atoms with E-state index in [0.717, 1.165) is 7.25 Å². The van der Waals surface area contributed by atoms with Gasteiger partial charge < -0.3 is 24.8 Å². The molecule has 0 saturated carbocycles. The summed E-state index contributed by atoms with van der Waals surface area (Å²) in [6, 6.07) is 30.3. The van der Waals surface area contributed by atoms with Crippen molar-refractivity contribution in [3.63, 3.8) is 0 Å². The van der Waals surface area contributed by atoms with Crippen LogP contribution in [0.2, 0.25) is 48.4 Å². The number of allylic oxidation sites excluding steroid dienone is 4. The summed E-state index contributed by atoms with van der Waals surface area (Å²) in [6.07, 6.45) is 5.55. The van der Waals surface area contributed by atoms with Gasteiger partial charge in [0.2, 0.25) is 0 Å². The Bertz CT molecular complexity index is 984. The predicted molar refractivity (Wildman–Crippen MR) is 158 cm³/mol. The summed E-state index contributed by atoms with van der Waals surface area (Å²) in [5, 5.41) is 0. The van der Waals surface area contributed by atoms with Crippen LogP contribution < -0.4 is 24.8 Å². The van der Waals surface area contributed by atoms with Crippen LogP contribution in [0.4, 0.5) is 0 Å². The number of rotatable bonds is 12. The Morgan fingerprint density at radius 3 is 1.19 bits per heavy atom. The van der Waals surface area contributed by atoms with E-state index in [2.05, 4.69) is 102 Å². The molecule has 5 heteroatoms. The van der Waals surface area contributed by atoms with E-state index in [1.807, 2.05) is 0 Å². The molecule has 0 spiro atoms. The molecule has 0 aromatic heterocycles. The Morgan fingerprint density at radius 1 is 0.541 bits per heavy atom. The van der Waals surface area contributed by atoms with Crippen LogP contribution in [0, 0.1) is 0 Å². The van der Waals surface area contributed by atoms with Gasteiger partial charge in [0, 0.05) is 0 Å². The van der Waals surface area contributed by atoms with E-state index < -0.39 is 39.4 Å². The van der Waals surface area contributed by atoms with Gasteiger partial charge in [0.15, 0.2) is 0 Å². The Balaban J connectivity index is 0.00000241. The van der Waals surface area contributed by atoms with Crippen LogP contribution in [0.3, 0.4) is 0 Å². The van der Waals surface area contributed by atoms with Gasteiger partial charge in [-0.05, 0) is 0 Å². The van der Waals surface area contributed by atoms with Crippen LogP contribution in [0.5, 0.6) is 0 Å². The molecule has 2 aliphatic rings. The number of benzene rings is 2. The number of fused-ring (bicyclic) bond motifs is 2. The standard InChI is InChI=1S/2C16H23Si.2ClH.Zr/c2*1-4-17(5-2,6-3)13-15-12-11-14-9-7-8-10-16(14)15;;;/h2*7-12H,4-6,13H2,1-3H3;2*1H;/q;;;;+2/p-2. The first kappa shape index (κ1) is 33.0. The summed E-state index contributed by atoms with van der Waals surface area (Å²) < 4.78 is 1.45. The van der Waals surface area contributed by atoms with Gasteiger partial charge in [0.05, 0.1) is 0 Å². The number of hydrogen-bond donors (Lipinski definition) is 0. The minimum atomic E-state index is -1.19. The predicted octanol–water partition coefficient (Wildman–Crippen LogP) is 4.37. The molecule has 2 aromatic rings. The zero-order valence-electron chi connectivity index (χ0n) is 23.8. The molecule has 0 radical (unpaired) electrons. The molecular weight excluding hydrogens is 603 g/mol. The van der Waals surface area contributed by atoms with Gasteiger partial charge >= 0.3 is 231 Å². The monoisotopic (exact) mass is 646 g/mol. The summed E-state index contributed by atoms with van der Waals surface area (Å²) in [5.74, 6) is 0. The van der Waals surface area contributed by atoms with Gasteiger partial charge in [0.25, 0.3) is 0 Å². The molecular formula is C32H46Cl2Si2Zr. The second-order valence-corrected chi connectivity index (χ2v) is 26.0. The van der Waals surface area contributed by atoms with Crippen molar-refractivity contribution in [1.29, 1.82) is 0 Å². The summed E-state index contributed by atoms with van der Waals surface area (Å²) in [5.41, 5.74) is 9.98. The van der Waals surface area contributed by atoms with Gasteiger partial charge in [-0.15, -0.1) is 0 Å². The first-order chi connectivity index (χ1) is 17.0. The van der Waals surface area contributed by atoms with Crippen molar-refractivity contribution in [1.82, 2.24) is 0 Å². The van der Waals surface area contributed by atoms with Crippen LogP contribution >= 0.6 is 0 Å². The fourth-order valence-electron chi connectivity index (χ4n) is 6.72. The Morgan fingerprint density at radius 2 is 0.865 bits per heavy atom. The quantitative estimate of drug-likeness (QED) is 0.300. The van der Waals surface area contributed by atoms with E-state index in [9.17, 15) is 0 Å². The zero-order valence-corrected chi connectivity index (χ0v) is 29.8. The van der Waals surface area contributed by atoms with Crippen LogP contribution in [-0.2, 0) is 23.2 Å². The topological polar surface area (TPSA) is 0 Å². The summed E-state index contributed by atoms with van der Waals surface area (Å²) in [4.78, 5) is 0. The minimum Gasteiger partial charge on any atom is -1.00 e. The van der Waals surface area contributed by atoms with E-state index in [4.69, 9.17) is 0 Å². The maximum Gasteiger partial charge on any atom is -1.00 e. The molecule has 37 heavy (non-hydrogen) atoms. The van der Waals surface area contributed by atoms with E-state index >= 15 is 0 Å². The van der Waals surface area contributed by atoms with Gasteiger partial charge in [-0.1, -0.05) is 0 Å².